The molecular formula is C21H35IN4O2. The fraction of sp³-hybridized carbons (Fsp3) is 0.619. The van der Waals surface area contributed by atoms with Crippen molar-refractivity contribution in [2.45, 2.75) is 52.0 Å². The van der Waals surface area contributed by atoms with E-state index in [2.05, 4.69) is 55.7 Å². The minimum absolute atomic E-state index is 0. The normalized spacial score (nSPS) is 15.6. The van der Waals surface area contributed by atoms with Gasteiger partial charge >= 0.3 is 6.09 Å². The minimum Gasteiger partial charge on any atom is -0.450 e. The first-order valence-corrected chi connectivity index (χ1v) is 9.98. The van der Waals surface area contributed by atoms with Gasteiger partial charge in [-0.1, -0.05) is 44.2 Å². The second-order valence-electron chi connectivity index (χ2n) is 7.55. The zero-order chi connectivity index (χ0) is 19.7. The quantitative estimate of drug-likeness (QED) is 0.353. The first-order chi connectivity index (χ1) is 13.0. The number of halogens is 1. The molecule has 7 heteroatoms. The Kier molecular flexibility index (Phi) is 10.6. The molecule has 1 amide bonds. The van der Waals surface area contributed by atoms with E-state index in [4.69, 9.17) is 9.73 Å². The molecule has 28 heavy (non-hydrogen) atoms. The summed E-state index contributed by atoms with van der Waals surface area (Å²) in [5.41, 5.74) is 1.25. The fourth-order valence-electron chi connectivity index (χ4n) is 3.19. The Labute approximate surface area is 186 Å². The predicted octanol–water partition coefficient (Wildman–Crippen LogP) is 3.76. The predicted molar refractivity (Wildman–Crippen MR) is 126 cm³/mol. The van der Waals surface area contributed by atoms with Crippen LogP contribution in [-0.4, -0.2) is 55.8 Å². The number of rotatable bonds is 6. The van der Waals surface area contributed by atoms with Gasteiger partial charge in [-0.15, -0.1) is 24.0 Å². The number of aliphatic imine (C=N–C) groups is 1. The molecule has 0 saturated carbocycles. The largest absolute Gasteiger partial charge is 0.450 e. The third-order valence-corrected chi connectivity index (χ3v) is 4.89. The summed E-state index contributed by atoms with van der Waals surface area (Å²) in [6.45, 7) is 11.7. The number of carbonyl (C=O) groups excluding carboxylic acids is 1. The summed E-state index contributed by atoms with van der Waals surface area (Å²) in [5.74, 6) is 0.844. The zero-order valence-electron chi connectivity index (χ0n) is 17.5. The molecule has 0 unspecified atom stereocenters. The number of ether oxygens (including phenoxy) is 1. The summed E-state index contributed by atoms with van der Waals surface area (Å²) in [6.07, 6.45) is 1.58. The molecule has 0 aromatic heterocycles. The molecule has 2 N–H and O–H groups in total. The topological polar surface area (TPSA) is 66.0 Å². The molecule has 1 aromatic carbocycles. The number of amides is 1. The van der Waals surface area contributed by atoms with E-state index in [9.17, 15) is 4.79 Å². The number of nitrogens with zero attached hydrogens (tertiary/aromatic N) is 2. The highest BCUT2D eigenvalue weighted by molar-refractivity contribution is 14.0. The molecule has 1 aliphatic heterocycles. The van der Waals surface area contributed by atoms with Crippen molar-refractivity contribution in [3.05, 3.63) is 35.9 Å². The molecule has 1 fully saturated rings. The van der Waals surface area contributed by atoms with E-state index in [1.807, 2.05) is 13.0 Å². The van der Waals surface area contributed by atoms with Crippen molar-refractivity contribution >= 4 is 36.0 Å². The Hall–Kier alpha value is -1.51. The lowest BCUT2D eigenvalue weighted by atomic mass is 9.85. The van der Waals surface area contributed by atoms with Crippen LogP contribution in [0.5, 0.6) is 0 Å². The molecule has 158 valence electrons. The number of benzene rings is 1. The van der Waals surface area contributed by atoms with E-state index in [-0.39, 0.29) is 35.5 Å². The second kappa shape index (κ2) is 12.1. The number of nitrogens with one attached hydrogen (secondary N) is 2. The van der Waals surface area contributed by atoms with Gasteiger partial charge in [-0.05, 0) is 32.3 Å². The smallest absolute Gasteiger partial charge is 0.409 e. The number of carbonyl (C=O) groups is 1. The summed E-state index contributed by atoms with van der Waals surface area (Å²) in [7, 11) is 0. The van der Waals surface area contributed by atoms with Crippen LogP contribution in [0, 0.1) is 0 Å². The Morgan fingerprint density at radius 1 is 1.21 bits per heavy atom. The van der Waals surface area contributed by atoms with Crippen LogP contribution in [0.15, 0.2) is 35.3 Å². The van der Waals surface area contributed by atoms with Crippen molar-refractivity contribution in [3.8, 4) is 0 Å². The van der Waals surface area contributed by atoms with Crippen molar-refractivity contribution in [1.82, 2.24) is 15.5 Å². The maximum absolute atomic E-state index is 11.8. The molecule has 0 atom stereocenters. The van der Waals surface area contributed by atoms with Gasteiger partial charge in [0.05, 0.1) is 13.2 Å². The lowest BCUT2D eigenvalue weighted by Crippen LogP contribution is -2.50. The van der Waals surface area contributed by atoms with Crippen molar-refractivity contribution in [2.75, 3.05) is 32.8 Å². The second-order valence-corrected chi connectivity index (χ2v) is 7.55. The molecular weight excluding hydrogens is 467 g/mol. The molecule has 2 rings (SSSR count). The number of hydrogen-bond donors (Lipinski definition) is 2. The van der Waals surface area contributed by atoms with Crippen LogP contribution in [0.4, 0.5) is 4.79 Å². The van der Waals surface area contributed by atoms with Gasteiger partial charge in [-0.2, -0.15) is 0 Å². The first kappa shape index (κ1) is 24.5. The Bertz CT molecular complexity index is 614. The van der Waals surface area contributed by atoms with Crippen LogP contribution in [-0.2, 0) is 10.2 Å². The van der Waals surface area contributed by atoms with Gasteiger partial charge < -0.3 is 20.3 Å². The minimum atomic E-state index is -0.207. The standard InChI is InChI=1S/C21H34N4O2.HI/c1-5-22-19(23-16-21(3,4)17-10-8-7-9-11-17)24-18-12-14-25(15-13-18)20(26)27-6-2;/h7-11,18H,5-6,12-16H2,1-4H3,(H2,22,23,24);1H. The van der Waals surface area contributed by atoms with E-state index in [0.29, 0.717) is 32.3 Å². The lowest BCUT2D eigenvalue weighted by molar-refractivity contribution is 0.0963. The number of piperidine rings is 1. The number of guanidine groups is 1. The van der Waals surface area contributed by atoms with Gasteiger partial charge in [-0.3, -0.25) is 4.99 Å². The summed E-state index contributed by atoms with van der Waals surface area (Å²) in [6, 6.07) is 10.8. The van der Waals surface area contributed by atoms with Crippen LogP contribution in [0.1, 0.15) is 46.1 Å². The van der Waals surface area contributed by atoms with Gasteiger partial charge in [0.1, 0.15) is 0 Å². The van der Waals surface area contributed by atoms with Crippen LogP contribution in [0.25, 0.3) is 0 Å². The third-order valence-electron chi connectivity index (χ3n) is 4.89. The highest BCUT2D eigenvalue weighted by Crippen LogP contribution is 2.23. The van der Waals surface area contributed by atoms with E-state index >= 15 is 0 Å². The van der Waals surface area contributed by atoms with Gasteiger partial charge in [0.25, 0.3) is 0 Å². The van der Waals surface area contributed by atoms with Crippen LogP contribution in [0.2, 0.25) is 0 Å². The molecule has 0 aliphatic carbocycles. The van der Waals surface area contributed by atoms with Gasteiger partial charge in [-0.25, -0.2) is 4.79 Å². The van der Waals surface area contributed by atoms with E-state index < -0.39 is 0 Å². The average Bonchev–Trinajstić information content (AvgIpc) is 2.68. The van der Waals surface area contributed by atoms with E-state index in [0.717, 1.165) is 25.3 Å². The fourth-order valence-corrected chi connectivity index (χ4v) is 3.19. The maximum atomic E-state index is 11.8. The van der Waals surface area contributed by atoms with Crippen LogP contribution < -0.4 is 10.6 Å². The molecule has 1 aromatic rings. The van der Waals surface area contributed by atoms with Crippen LogP contribution in [0.3, 0.4) is 0 Å². The maximum Gasteiger partial charge on any atom is 0.409 e. The van der Waals surface area contributed by atoms with E-state index in [1.54, 1.807) is 4.90 Å². The summed E-state index contributed by atoms with van der Waals surface area (Å²) < 4.78 is 5.08. The summed E-state index contributed by atoms with van der Waals surface area (Å²) in [4.78, 5) is 18.4. The number of hydrogen-bond acceptors (Lipinski definition) is 3. The monoisotopic (exact) mass is 502 g/mol. The van der Waals surface area contributed by atoms with Crippen molar-refractivity contribution in [3.63, 3.8) is 0 Å². The molecule has 0 radical (unpaired) electrons. The Morgan fingerprint density at radius 3 is 2.43 bits per heavy atom. The van der Waals surface area contributed by atoms with Gasteiger partial charge in [0.15, 0.2) is 5.96 Å². The third kappa shape index (κ3) is 7.48. The molecule has 0 bridgehead atoms. The average molecular weight is 502 g/mol. The van der Waals surface area contributed by atoms with Crippen molar-refractivity contribution in [1.29, 1.82) is 0 Å². The molecule has 1 saturated heterocycles. The van der Waals surface area contributed by atoms with Gasteiger partial charge in [0, 0.05) is 31.1 Å². The molecule has 1 aliphatic rings. The molecule has 0 spiro atoms. The Morgan fingerprint density at radius 2 is 1.86 bits per heavy atom. The zero-order valence-corrected chi connectivity index (χ0v) is 19.9. The highest BCUT2D eigenvalue weighted by Gasteiger charge is 2.25. The lowest BCUT2D eigenvalue weighted by Gasteiger charge is -2.32. The van der Waals surface area contributed by atoms with Crippen molar-refractivity contribution in [2.24, 2.45) is 4.99 Å². The summed E-state index contributed by atoms with van der Waals surface area (Å²) >= 11 is 0. The Balaban J connectivity index is 0.00000392. The molecule has 6 nitrogen and oxygen atoms in total. The first-order valence-electron chi connectivity index (χ1n) is 9.98. The molecule has 1 heterocycles. The van der Waals surface area contributed by atoms with E-state index in [1.165, 1.54) is 5.56 Å². The highest BCUT2D eigenvalue weighted by atomic mass is 127. The number of likely N-dealkylation sites (tertiary alicyclic amines) is 1. The SMILES string of the molecule is CCNC(=NCC(C)(C)c1ccccc1)NC1CCN(C(=O)OCC)CC1.I. The van der Waals surface area contributed by atoms with Gasteiger partial charge in [0.2, 0.25) is 0 Å². The summed E-state index contributed by atoms with van der Waals surface area (Å²) in [5, 5.41) is 6.87. The van der Waals surface area contributed by atoms with Crippen molar-refractivity contribution < 1.29 is 9.53 Å². The van der Waals surface area contributed by atoms with Crippen LogP contribution >= 0.6 is 24.0 Å².